The highest BCUT2D eigenvalue weighted by atomic mass is 35.5. The summed E-state index contributed by atoms with van der Waals surface area (Å²) in [5.74, 6) is -0.846. The molecule has 0 spiro atoms. The van der Waals surface area contributed by atoms with Crippen LogP contribution in [0.25, 0.3) is 22.6 Å². The molecule has 0 saturated heterocycles. The second kappa shape index (κ2) is 10.9. The van der Waals surface area contributed by atoms with E-state index >= 15 is 0 Å². The van der Waals surface area contributed by atoms with Gasteiger partial charge in [0.1, 0.15) is 5.56 Å². The number of fused-ring (bicyclic) bond motifs is 1. The summed E-state index contributed by atoms with van der Waals surface area (Å²) in [4.78, 5) is 32.3. The number of nitrogens with zero attached hydrogens (tertiary/aromatic N) is 6. The van der Waals surface area contributed by atoms with Gasteiger partial charge in [0.15, 0.2) is 11.5 Å². The van der Waals surface area contributed by atoms with Gasteiger partial charge in [-0.15, -0.1) is 5.10 Å². The van der Waals surface area contributed by atoms with Crippen LogP contribution in [-0.4, -0.2) is 48.9 Å². The molecule has 5 aromatic rings. The van der Waals surface area contributed by atoms with Crippen LogP contribution in [0, 0.1) is 0 Å². The second-order valence-electron chi connectivity index (χ2n) is 8.92. The van der Waals surface area contributed by atoms with E-state index in [0.717, 1.165) is 16.9 Å². The van der Waals surface area contributed by atoms with Gasteiger partial charge < -0.3 is 4.74 Å². The van der Waals surface area contributed by atoms with E-state index in [0.29, 0.717) is 10.7 Å². The van der Waals surface area contributed by atoms with Crippen LogP contribution >= 0.6 is 23.2 Å². The number of carbonyl (C=O) groups is 2. The van der Waals surface area contributed by atoms with Crippen molar-refractivity contribution in [3.05, 3.63) is 94.4 Å². The number of benzene rings is 2. The SMILES string of the molecule is CCOC(=O)c1cn(-c2ccc(-c3cc4ncccn4n3)cc2)nc1N(C(=O)c1ccc(Cl)cc1Cl)C(C)C. The lowest BCUT2D eigenvalue weighted by atomic mass is 10.1. The van der Waals surface area contributed by atoms with Gasteiger partial charge in [-0.3, -0.25) is 9.69 Å². The Morgan fingerprint density at radius 2 is 1.79 bits per heavy atom. The number of carbonyl (C=O) groups excluding carboxylic acids is 2. The highest BCUT2D eigenvalue weighted by Gasteiger charge is 2.30. The molecule has 39 heavy (non-hydrogen) atoms. The summed E-state index contributed by atoms with van der Waals surface area (Å²) in [6.07, 6.45) is 5.11. The first-order valence-electron chi connectivity index (χ1n) is 12.2. The Labute approximate surface area is 234 Å². The third-order valence-electron chi connectivity index (χ3n) is 5.98. The number of hydrogen-bond acceptors (Lipinski definition) is 6. The minimum absolute atomic E-state index is 0.152. The van der Waals surface area contributed by atoms with Crippen LogP contribution < -0.4 is 4.90 Å². The van der Waals surface area contributed by atoms with Gasteiger partial charge in [0.05, 0.1) is 28.6 Å². The molecule has 0 fully saturated rings. The summed E-state index contributed by atoms with van der Waals surface area (Å²) in [5.41, 5.74) is 3.47. The molecule has 0 aliphatic carbocycles. The molecule has 0 atom stereocenters. The molecular weight excluding hydrogens is 539 g/mol. The Morgan fingerprint density at radius 3 is 2.46 bits per heavy atom. The van der Waals surface area contributed by atoms with Crippen LogP contribution in [0.3, 0.4) is 0 Å². The first-order valence-corrected chi connectivity index (χ1v) is 13.0. The lowest BCUT2D eigenvalue weighted by Crippen LogP contribution is -2.38. The van der Waals surface area contributed by atoms with Gasteiger partial charge in [-0.1, -0.05) is 35.3 Å². The molecule has 0 aliphatic rings. The number of aromatic nitrogens is 5. The standard InChI is InChI=1S/C28H24Cl2N6O3/c1-4-39-28(38)22-16-35(20-9-6-18(7-10-20)24-15-25-31-12-5-13-34(25)32-24)33-26(22)36(17(2)3)27(37)21-11-8-19(29)14-23(21)30/h5-17H,4H2,1-3H3. The summed E-state index contributed by atoms with van der Waals surface area (Å²) in [5, 5.41) is 9.83. The van der Waals surface area contributed by atoms with Crippen molar-refractivity contribution in [2.75, 3.05) is 11.5 Å². The predicted molar refractivity (Wildman–Crippen MR) is 150 cm³/mol. The molecule has 11 heteroatoms. The average molecular weight is 563 g/mol. The van der Waals surface area contributed by atoms with Gasteiger partial charge >= 0.3 is 5.97 Å². The maximum atomic E-state index is 13.7. The highest BCUT2D eigenvalue weighted by molar-refractivity contribution is 6.37. The molecule has 0 aliphatic heterocycles. The zero-order valence-corrected chi connectivity index (χ0v) is 22.9. The second-order valence-corrected chi connectivity index (χ2v) is 9.77. The Hall–Kier alpha value is -4.21. The fourth-order valence-corrected chi connectivity index (χ4v) is 4.64. The van der Waals surface area contributed by atoms with Crippen LogP contribution in [-0.2, 0) is 4.74 Å². The van der Waals surface area contributed by atoms with Crippen LogP contribution in [0.5, 0.6) is 0 Å². The van der Waals surface area contributed by atoms with Crippen molar-refractivity contribution >= 4 is 46.5 Å². The maximum absolute atomic E-state index is 13.7. The number of esters is 1. The lowest BCUT2D eigenvalue weighted by molar-refractivity contribution is 0.0527. The monoisotopic (exact) mass is 562 g/mol. The van der Waals surface area contributed by atoms with Gasteiger partial charge in [-0.05, 0) is 57.2 Å². The molecule has 198 valence electrons. The van der Waals surface area contributed by atoms with Gasteiger partial charge in [0.2, 0.25) is 0 Å². The highest BCUT2D eigenvalue weighted by Crippen LogP contribution is 2.29. The largest absolute Gasteiger partial charge is 0.462 e. The van der Waals surface area contributed by atoms with Gasteiger partial charge in [0, 0.05) is 41.3 Å². The van der Waals surface area contributed by atoms with Crippen LogP contribution in [0.15, 0.2) is 73.2 Å². The molecule has 9 nitrogen and oxygen atoms in total. The number of amides is 1. The van der Waals surface area contributed by atoms with E-state index in [2.05, 4.69) is 15.2 Å². The van der Waals surface area contributed by atoms with E-state index in [1.165, 1.54) is 11.0 Å². The quantitative estimate of drug-likeness (QED) is 0.222. The van der Waals surface area contributed by atoms with Crippen molar-refractivity contribution in [2.45, 2.75) is 26.8 Å². The minimum atomic E-state index is -0.590. The average Bonchev–Trinajstić information content (AvgIpc) is 3.54. The normalized spacial score (nSPS) is 11.2. The van der Waals surface area contributed by atoms with Crippen LogP contribution in [0.4, 0.5) is 5.82 Å². The van der Waals surface area contributed by atoms with Gasteiger partial charge in [0.25, 0.3) is 5.91 Å². The molecule has 2 aromatic carbocycles. The topological polar surface area (TPSA) is 94.6 Å². The summed E-state index contributed by atoms with van der Waals surface area (Å²) >= 11 is 12.4. The van der Waals surface area contributed by atoms with E-state index in [1.54, 1.807) is 40.6 Å². The number of rotatable bonds is 7. The number of hydrogen-bond donors (Lipinski definition) is 0. The van der Waals surface area contributed by atoms with Crippen molar-refractivity contribution < 1.29 is 14.3 Å². The third-order valence-corrected chi connectivity index (χ3v) is 6.53. The predicted octanol–water partition coefficient (Wildman–Crippen LogP) is 6.12. The Kier molecular flexibility index (Phi) is 7.36. The smallest absolute Gasteiger partial charge is 0.343 e. The van der Waals surface area contributed by atoms with Crippen molar-refractivity contribution in [1.29, 1.82) is 0 Å². The van der Waals surface area contributed by atoms with Crippen molar-refractivity contribution in [3.8, 4) is 16.9 Å². The first-order chi connectivity index (χ1) is 18.8. The molecular formula is C28H24Cl2N6O3. The molecule has 0 N–H and O–H groups in total. The van der Waals surface area contributed by atoms with E-state index in [-0.39, 0.29) is 34.6 Å². The zero-order valence-electron chi connectivity index (χ0n) is 21.4. The number of anilines is 1. The summed E-state index contributed by atoms with van der Waals surface area (Å²) in [6.45, 7) is 5.54. The third kappa shape index (κ3) is 5.23. The Morgan fingerprint density at radius 1 is 1.03 bits per heavy atom. The van der Waals surface area contributed by atoms with E-state index in [1.807, 2.05) is 56.4 Å². The lowest BCUT2D eigenvalue weighted by Gasteiger charge is -2.26. The zero-order chi connectivity index (χ0) is 27.7. The van der Waals surface area contributed by atoms with Crippen LogP contribution in [0.2, 0.25) is 10.0 Å². The van der Waals surface area contributed by atoms with E-state index in [4.69, 9.17) is 27.9 Å². The van der Waals surface area contributed by atoms with Crippen LogP contribution in [0.1, 0.15) is 41.5 Å². The molecule has 5 rings (SSSR count). The van der Waals surface area contributed by atoms with Crippen molar-refractivity contribution in [1.82, 2.24) is 24.4 Å². The van der Waals surface area contributed by atoms with Gasteiger partial charge in [-0.2, -0.15) is 5.10 Å². The number of ether oxygens (including phenoxy) is 1. The molecule has 3 aromatic heterocycles. The summed E-state index contributed by atoms with van der Waals surface area (Å²) < 4.78 is 8.54. The Bertz CT molecular complexity index is 1640. The van der Waals surface area contributed by atoms with Crippen molar-refractivity contribution in [2.24, 2.45) is 0 Å². The summed E-state index contributed by atoms with van der Waals surface area (Å²) in [6, 6.07) is 15.5. The molecule has 0 radical (unpaired) electrons. The van der Waals surface area contributed by atoms with E-state index in [9.17, 15) is 9.59 Å². The first kappa shape index (κ1) is 26.4. The molecule has 0 bridgehead atoms. The molecule has 3 heterocycles. The molecule has 1 amide bonds. The number of halogens is 2. The van der Waals surface area contributed by atoms with Crippen molar-refractivity contribution in [3.63, 3.8) is 0 Å². The fourth-order valence-electron chi connectivity index (χ4n) is 4.15. The maximum Gasteiger partial charge on any atom is 0.343 e. The Balaban J connectivity index is 1.54. The molecule has 0 unspecified atom stereocenters. The summed E-state index contributed by atoms with van der Waals surface area (Å²) in [7, 11) is 0. The minimum Gasteiger partial charge on any atom is -0.462 e. The molecule has 0 saturated carbocycles. The fraction of sp³-hybridized carbons (Fsp3) is 0.179. The van der Waals surface area contributed by atoms with E-state index < -0.39 is 11.9 Å². The van der Waals surface area contributed by atoms with Gasteiger partial charge in [-0.25, -0.2) is 19.0 Å².